The van der Waals surface area contributed by atoms with Crippen LogP contribution < -0.4 is 15.2 Å². The van der Waals surface area contributed by atoms with Gasteiger partial charge < -0.3 is 38.9 Å². The molecule has 0 amide bonds. The Morgan fingerprint density at radius 3 is 2.18 bits per heavy atom. The van der Waals surface area contributed by atoms with Gasteiger partial charge in [0.15, 0.2) is 5.75 Å². The smallest absolute Gasteiger partial charge is 0.488 e. The maximum atomic E-state index is 13.0. The molecule has 0 radical (unpaired) electrons. The van der Waals surface area contributed by atoms with Crippen LogP contribution in [-0.2, 0) is 13.8 Å². The minimum Gasteiger partial charge on any atom is -0.488 e. The average molecular weight is 796 g/mol. The number of aromatic amines is 1. The van der Waals surface area contributed by atoms with Crippen LogP contribution in [0.2, 0.25) is 0 Å². The molecule has 5 N–H and O–H groups in total. The molecule has 1 saturated heterocycles. The molecule has 55 heavy (non-hydrogen) atoms. The summed E-state index contributed by atoms with van der Waals surface area (Å²) in [5.41, 5.74) is 6.98. The van der Waals surface area contributed by atoms with Crippen molar-refractivity contribution < 1.29 is 41.3 Å². The van der Waals surface area contributed by atoms with Crippen molar-refractivity contribution in [3.05, 3.63) is 47.3 Å². The molecule has 15 heteroatoms. The van der Waals surface area contributed by atoms with Crippen molar-refractivity contribution in [3.8, 4) is 17.6 Å². The number of hydrogen-bond donors (Lipinski definition) is 4. The highest BCUT2D eigenvalue weighted by Crippen LogP contribution is 2.38. The van der Waals surface area contributed by atoms with E-state index in [-0.39, 0.29) is 42.6 Å². The Morgan fingerprint density at radius 2 is 1.60 bits per heavy atom. The van der Waals surface area contributed by atoms with Gasteiger partial charge in [0, 0.05) is 11.8 Å². The lowest BCUT2D eigenvalue weighted by molar-refractivity contribution is -0.274. The second-order valence-electron chi connectivity index (χ2n) is 14.1. The van der Waals surface area contributed by atoms with Crippen molar-refractivity contribution in [2.24, 2.45) is 10.7 Å². The molecule has 0 bridgehead atoms. The molecule has 11 nitrogen and oxygen atoms in total. The fourth-order valence-electron chi connectivity index (χ4n) is 6.62. The second kappa shape index (κ2) is 26.6. The zero-order chi connectivity index (χ0) is 39.7. The predicted molar refractivity (Wildman–Crippen MR) is 209 cm³/mol. The predicted octanol–water partition coefficient (Wildman–Crippen LogP) is 11.1. The minimum absolute atomic E-state index is 0.0609. The molecule has 0 spiro atoms. The van der Waals surface area contributed by atoms with Gasteiger partial charge in [-0.05, 0) is 49.9 Å². The van der Waals surface area contributed by atoms with Gasteiger partial charge in [0.05, 0.1) is 36.7 Å². The minimum atomic E-state index is -4.97. The van der Waals surface area contributed by atoms with E-state index in [0.717, 1.165) is 50.2 Å². The molecule has 2 heterocycles. The standard InChI is InChI=1S/C40H61F3N5O6P/c1-2-3-4-5-6-7-8-9-10-11-12-13-14-15-16-17-18-19-33(52-32-21-20-31(27-44)38(26-32)54-40(41,42)43)28-50-55(49)51-29-34-22-25-37(53-34)35-23-24-36(48-35)39(46)47-30-45/h20-21,23-24,26,30,33-34,37,48-49H,2-19,22,25,28-29H2,1H3,(H3,45,46,47). The number of hydrogen-bond acceptors (Lipinski definition) is 8. The summed E-state index contributed by atoms with van der Waals surface area (Å²) in [6.07, 6.45) is 17.9. The quantitative estimate of drug-likeness (QED) is 0.0262. The number of nitrogens with zero attached hydrogens (tertiary/aromatic N) is 2. The summed E-state index contributed by atoms with van der Waals surface area (Å²) < 4.78 is 66.4. The number of rotatable bonds is 30. The fourth-order valence-corrected chi connectivity index (χ4v) is 7.28. The number of unbranched alkanes of at least 4 members (excludes halogenated alkanes) is 16. The molecule has 1 aliphatic rings. The summed E-state index contributed by atoms with van der Waals surface area (Å²) in [6.45, 7) is 2.29. The van der Waals surface area contributed by atoms with Crippen LogP contribution >= 0.6 is 8.60 Å². The molecule has 4 unspecified atom stereocenters. The van der Waals surface area contributed by atoms with Crippen molar-refractivity contribution in [1.82, 2.24) is 4.98 Å². The van der Waals surface area contributed by atoms with Crippen molar-refractivity contribution in [3.63, 3.8) is 0 Å². The van der Waals surface area contributed by atoms with Crippen molar-refractivity contribution in [2.75, 3.05) is 13.2 Å². The van der Waals surface area contributed by atoms with Gasteiger partial charge in [0.25, 0.3) is 0 Å². The van der Waals surface area contributed by atoms with E-state index in [1.807, 2.05) is 6.07 Å². The van der Waals surface area contributed by atoms with Gasteiger partial charge in [-0.3, -0.25) is 5.41 Å². The van der Waals surface area contributed by atoms with Crippen LogP contribution in [0.1, 0.15) is 158 Å². The number of aliphatic imine (C=N–C) groups is 1. The van der Waals surface area contributed by atoms with E-state index in [2.05, 4.69) is 21.6 Å². The van der Waals surface area contributed by atoms with E-state index in [4.69, 9.17) is 29.7 Å². The number of benzene rings is 1. The molecule has 0 saturated carbocycles. The number of ether oxygens (including phenoxy) is 3. The zero-order valence-corrected chi connectivity index (χ0v) is 33.2. The summed E-state index contributed by atoms with van der Waals surface area (Å²) in [5.74, 6) is -0.361. The first-order chi connectivity index (χ1) is 26.6. The molecule has 308 valence electrons. The molecule has 2 aromatic rings. The second-order valence-corrected chi connectivity index (χ2v) is 15.1. The number of halogens is 3. The number of H-pyrrole nitrogens is 1. The van der Waals surface area contributed by atoms with E-state index in [0.29, 0.717) is 18.5 Å². The van der Waals surface area contributed by atoms with Gasteiger partial charge in [-0.15, -0.1) is 13.2 Å². The van der Waals surface area contributed by atoms with Crippen molar-refractivity contribution in [1.29, 1.82) is 10.7 Å². The fraction of sp³-hybridized carbons (Fsp3) is 0.675. The number of alkyl halides is 3. The molecule has 4 atom stereocenters. The first kappa shape index (κ1) is 46.2. The lowest BCUT2D eigenvalue weighted by Gasteiger charge is -2.22. The van der Waals surface area contributed by atoms with Crippen LogP contribution in [0.15, 0.2) is 35.3 Å². The zero-order valence-electron chi connectivity index (χ0n) is 32.3. The highest BCUT2D eigenvalue weighted by atomic mass is 31.2. The van der Waals surface area contributed by atoms with Crippen LogP contribution in [0.3, 0.4) is 0 Å². The first-order valence-corrected chi connectivity index (χ1v) is 21.1. The molecular formula is C40H61F3N5O6P. The Bertz CT molecular complexity index is 1440. The summed E-state index contributed by atoms with van der Waals surface area (Å²) >= 11 is 0. The molecule has 0 aliphatic carbocycles. The van der Waals surface area contributed by atoms with Crippen molar-refractivity contribution >= 4 is 20.8 Å². The summed E-state index contributed by atoms with van der Waals surface area (Å²) in [4.78, 5) is 17.5. The molecule has 1 aliphatic heterocycles. The van der Waals surface area contributed by atoms with Crippen LogP contribution in [-0.4, -0.2) is 53.8 Å². The Kier molecular flexibility index (Phi) is 22.3. The lowest BCUT2D eigenvalue weighted by atomic mass is 10.0. The Morgan fingerprint density at radius 1 is 0.982 bits per heavy atom. The topological polar surface area (TPSA) is 168 Å². The van der Waals surface area contributed by atoms with Gasteiger partial charge in [0.1, 0.15) is 30.1 Å². The third-order valence-corrected chi connectivity index (χ3v) is 10.4. The number of amidine groups is 1. The molecule has 3 rings (SSSR count). The van der Waals surface area contributed by atoms with E-state index in [1.165, 1.54) is 95.6 Å². The Balaban J connectivity index is 1.40. The monoisotopic (exact) mass is 795 g/mol. The third-order valence-electron chi connectivity index (χ3n) is 9.62. The van der Waals surface area contributed by atoms with Gasteiger partial charge in [0.2, 0.25) is 0 Å². The van der Waals surface area contributed by atoms with Gasteiger partial charge in [-0.2, -0.15) is 5.26 Å². The number of nitriles is 1. The molecule has 1 aromatic carbocycles. The average Bonchev–Trinajstić information content (AvgIpc) is 3.84. The molecule has 1 fully saturated rings. The Hall–Kier alpha value is -3.21. The summed E-state index contributed by atoms with van der Waals surface area (Å²) in [6, 6.07) is 9.00. The Labute approximate surface area is 326 Å². The summed E-state index contributed by atoms with van der Waals surface area (Å²) in [5, 5.41) is 16.4. The highest BCUT2D eigenvalue weighted by Gasteiger charge is 2.33. The highest BCUT2D eigenvalue weighted by molar-refractivity contribution is 7.40. The van der Waals surface area contributed by atoms with Crippen molar-refractivity contribution in [2.45, 2.75) is 160 Å². The van der Waals surface area contributed by atoms with Crippen LogP contribution in [0.4, 0.5) is 13.2 Å². The van der Waals surface area contributed by atoms with E-state index >= 15 is 0 Å². The van der Waals surface area contributed by atoms with E-state index in [9.17, 15) is 23.3 Å². The maximum absolute atomic E-state index is 13.0. The molecule has 1 aromatic heterocycles. The maximum Gasteiger partial charge on any atom is 0.573 e. The van der Waals surface area contributed by atoms with Gasteiger partial charge >= 0.3 is 15.0 Å². The van der Waals surface area contributed by atoms with E-state index < -0.39 is 26.8 Å². The molecular weight excluding hydrogens is 734 g/mol. The van der Waals surface area contributed by atoms with Gasteiger partial charge in [-0.25, -0.2) is 4.99 Å². The third kappa shape index (κ3) is 19.5. The van der Waals surface area contributed by atoms with Crippen LogP contribution in [0, 0.1) is 16.7 Å². The summed E-state index contributed by atoms with van der Waals surface area (Å²) in [7, 11) is -2.29. The van der Waals surface area contributed by atoms with Crippen LogP contribution in [0.5, 0.6) is 11.5 Å². The number of nitrogens with two attached hydrogens (primary N) is 1. The first-order valence-electron chi connectivity index (χ1n) is 20.0. The van der Waals surface area contributed by atoms with E-state index in [1.54, 1.807) is 12.1 Å². The number of aromatic nitrogens is 1. The largest absolute Gasteiger partial charge is 0.573 e. The normalized spacial score (nSPS) is 17.2. The lowest BCUT2D eigenvalue weighted by Crippen LogP contribution is -2.23. The van der Waals surface area contributed by atoms with Crippen LogP contribution in [0.25, 0.3) is 0 Å². The SMILES string of the molecule is CCCCCCCCCCCCCCCCCCCC(COP(O)OCC1CCC(c2ccc(C(N)=NC=N)[nH]2)O1)Oc1ccc(C#N)c(OC(F)(F)F)c1. The number of nitrogens with one attached hydrogen (secondary N) is 2. The van der Waals surface area contributed by atoms with Gasteiger partial charge in [-0.1, -0.05) is 110 Å².